The van der Waals surface area contributed by atoms with Crippen molar-refractivity contribution >= 4 is 44.9 Å². The van der Waals surface area contributed by atoms with Crippen molar-refractivity contribution in [2.75, 3.05) is 6.61 Å². The van der Waals surface area contributed by atoms with Crippen LogP contribution in [0.4, 0.5) is 0 Å². The molecule has 0 amide bonds. The Balaban J connectivity index is 1.64. The Bertz CT molecular complexity index is 1010. The van der Waals surface area contributed by atoms with Crippen molar-refractivity contribution in [3.8, 4) is 0 Å². The Kier molecular flexibility index (Phi) is 9.15. The lowest BCUT2D eigenvalue weighted by molar-refractivity contribution is -0.704. The van der Waals surface area contributed by atoms with Gasteiger partial charge in [-0.2, -0.15) is 0 Å². The first-order valence-electron chi connectivity index (χ1n) is 10.4. The van der Waals surface area contributed by atoms with Crippen LogP contribution >= 0.6 is 39.1 Å². The van der Waals surface area contributed by atoms with E-state index in [9.17, 15) is 4.79 Å². The Hall–Kier alpha value is -1.66. The molecule has 0 aliphatic carbocycles. The van der Waals surface area contributed by atoms with E-state index in [0.29, 0.717) is 36.2 Å². The number of carbonyl (C=O) groups excluding carboxylic acids is 1. The maximum Gasteiger partial charge on any atom is 0.243 e. The summed E-state index contributed by atoms with van der Waals surface area (Å²) in [5.74, 6) is 0.126. The molecule has 0 bridgehead atoms. The monoisotopic (exact) mass is 523 g/mol. The third-order valence-electron chi connectivity index (χ3n) is 5.01. The van der Waals surface area contributed by atoms with E-state index < -0.39 is 0 Å². The average Bonchev–Trinajstić information content (AvgIpc) is 3.19. The molecule has 1 heterocycles. The molecule has 7 heteroatoms. The zero-order chi connectivity index (χ0) is 22.2. The number of hydrogen-bond acceptors (Lipinski definition) is 2. The maximum atomic E-state index is 12.4. The van der Waals surface area contributed by atoms with Gasteiger partial charge in [0, 0.05) is 38.7 Å². The lowest BCUT2D eigenvalue weighted by Crippen LogP contribution is -2.35. The summed E-state index contributed by atoms with van der Waals surface area (Å²) < 4.78 is 11.2. The molecule has 1 atom stereocenters. The first-order valence-corrected chi connectivity index (χ1v) is 11.9. The number of carbonyl (C=O) groups is 1. The molecule has 0 radical (unpaired) electrons. The first-order chi connectivity index (χ1) is 15.0. The van der Waals surface area contributed by atoms with Crippen LogP contribution in [0.15, 0.2) is 65.7 Å². The first kappa shape index (κ1) is 24.0. The van der Waals surface area contributed by atoms with Gasteiger partial charge in [-0.1, -0.05) is 70.7 Å². The smallest absolute Gasteiger partial charge is 0.243 e. The standard InChI is InChI=1S/C24H26BrCl2N2O2/c1-2-3-14-31-24(21-9-8-20(26)15-22(21)27)16-29-13-12-28(17-29)11-10-23(30)18-4-6-19(25)7-5-18/h4-9,12-13,15,17,24H,2-3,10-11,14,16H2,1H3/q+1. The molecular formula is C24H26BrCl2N2O2+. The van der Waals surface area contributed by atoms with Crippen molar-refractivity contribution in [2.45, 2.75) is 45.4 Å². The highest BCUT2D eigenvalue weighted by Gasteiger charge is 2.20. The molecule has 0 fully saturated rings. The van der Waals surface area contributed by atoms with Crippen LogP contribution in [0.2, 0.25) is 10.0 Å². The molecule has 31 heavy (non-hydrogen) atoms. The second-order valence-electron chi connectivity index (χ2n) is 7.41. The fraction of sp³-hybridized carbons (Fsp3) is 0.333. The number of aromatic nitrogens is 2. The topological polar surface area (TPSA) is 35.1 Å². The van der Waals surface area contributed by atoms with Crippen LogP contribution < -0.4 is 4.57 Å². The molecule has 1 unspecified atom stereocenters. The minimum Gasteiger partial charge on any atom is -0.369 e. The minimum atomic E-state index is -0.179. The number of rotatable bonds is 11. The quantitative estimate of drug-likeness (QED) is 0.159. The van der Waals surface area contributed by atoms with E-state index in [0.717, 1.165) is 28.4 Å². The molecule has 3 aromatic rings. The van der Waals surface area contributed by atoms with E-state index in [-0.39, 0.29) is 11.9 Å². The van der Waals surface area contributed by atoms with E-state index in [4.69, 9.17) is 27.9 Å². The molecular weight excluding hydrogens is 499 g/mol. The Morgan fingerprint density at radius 1 is 1.19 bits per heavy atom. The number of nitrogens with zero attached hydrogens (tertiary/aromatic N) is 2. The predicted octanol–water partition coefficient (Wildman–Crippen LogP) is 6.68. The van der Waals surface area contributed by atoms with E-state index in [1.165, 1.54) is 0 Å². The van der Waals surface area contributed by atoms with E-state index >= 15 is 0 Å². The molecule has 0 saturated carbocycles. The predicted molar refractivity (Wildman–Crippen MR) is 128 cm³/mol. The number of unbranched alkanes of at least 4 members (excludes halogenated alkanes) is 1. The zero-order valence-corrected chi connectivity index (χ0v) is 20.5. The molecule has 0 spiro atoms. The molecule has 1 aromatic heterocycles. The molecule has 164 valence electrons. The van der Waals surface area contributed by atoms with Gasteiger partial charge in [0.05, 0.1) is 6.54 Å². The van der Waals surface area contributed by atoms with Gasteiger partial charge in [0.1, 0.15) is 25.0 Å². The minimum absolute atomic E-state index is 0.126. The van der Waals surface area contributed by atoms with Gasteiger partial charge in [-0.05, 0) is 30.7 Å². The number of aryl methyl sites for hydroxylation is 1. The molecule has 0 N–H and O–H groups in total. The van der Waals surface area contributed by atoms with Crippen LogP contribution in [-0.2, 0) is 17.8 Å². The van der Waals surface area contributed by atoms with Crippen LogP contribution in [0.3, 0.4) is 0 Å². The average molecular weight is 525 g/mol. The number of ether oxygens (including phenoxy) is 1. The second kappa shape index (κ2) is 11.8. The van der Waals surface area contributed by atoms with Crippen LogP contribution in [0, 0.1) is 0 Å². The van der Waals surface area contributed by atoms with Gasteiger partial charge in [0.25, 0.3) is 0 Å². The summed E-state index contributed by atoms with van der Waals surface area (Å²) in [4.78, 5) is 12.4. The summed E-state index contributed by atoms with van der Waals surface area (Å²) in [5.41, 5.74) is 1.65. The largest absolute Gasteiger partial charge is 0.369 e. The van der Waals surface area contributed by atoms with Crippen molar-refractivity contribution in [1.82, 2.24) is 4.57 Å². The third kappa shape index (κ3) is 7.18. The van der Waals surface area contributed by atoms with Gasteiger partial charge in [0.15, 0.2) is 5.78 Å². The Morgan fingerprint density at radius 2 is 1.97 bits per heavy atom. The highest BCUT2D eigenvalue weighted by Crippen LogP contribution is 2.29. The molecule has 0 aliphatic rings. The van der Waals surface area contributed by atoms with Crippen molar-refractivity contribution < 1.29 is 14.1 Å². The van der Waals surface area contributed by atoms with Gasteiger partial charge in [-0.25, -0.2) is 9.13 Å². The molecule has 4 nitrogen and oxygen atoms in total. The highest BCUT2D eigenvalue weighted by atomic mass is 79.9. The summed E-state index contributed by atoms with van der Waals surface area (Å²) in [6.45, 7) is 4.05. The Labute approximate surface area is 201 Å². The van der Waals surface area contributed by atoms with Gasteiger partial charge in [0.2, 0.25) is 6.33 Å². The van der Waals surface area contributed by atoms with Gasteiger partial charge < -0.3 is 4.74 Å². The fourth-order valence-corrected chi connectivity index (χ4v) is 4.05. The number of hydrogen-bond donors (Lipinski definition) is 0. The Morgan fingerprint density at radius 3 is 2.68 bits per heavy atom. The zero-order valence-electron chi connectivity index (χ0n) is 17.4. The number of halogens is 3. The van der Waals surface area contributed by atoms with Gasteiger partial charge in [-0.15, -0.1) is 0 Å². The van der Waals surface area contributed by atoms with Crippen molar-refractivity contribution in [3.63, 3.8) is 0 Å². The van der Waals surface area contributed by atoms with Crippen LogP contribution in [-0.4, -0.2) is 17.0 Å². The van der Waals surface area contributed by atoms with Crippen molar-refractivity contribution in [1.29, 1.82) is 0 Å². The highest BCUT2D eigenvalue weighted by molar-refractivity contribution is 9.10. The second-order valence-corrected chi connectivity index (χ2v) is 9.17. The normalized spacial score (nSPS) is 12.1. The van der Waals surface area contributed by atoms with Crippen LogP contribution in [0.1, 0.15) is 48.2 Å². The lowest BCUT2D eigenvalue weighted by Gasteiger charge is -2.18. The lowest BCUT2D eigenvalue weighted by atomic mass is 10.1. The van der Waals surface area contributed by atoms with Crippen LogP contribution in [0.25, 0.3) is 0 Å². The third-order valence-corrected chi connectivity index (χ3v) is 6.10. The number of Topliss-reactive ketones (excluding diaryl/α,β-unsaturated/α-hetero) is 1. The molecule has 2 aromatic carbocycles. The summed E-state index contributed by atoms with van der Waals surface area (Å²) in [6, 6.07) is 13.0. The summed E-state index contributed by atoms with van der Waals surface area (Å²) >= 11 is 15.9. The van der Waals surface area contributed by atoms with Crippen molar-refractivity contribution in [3.05, 3.63) is 86.8 Å². The van der Waals surface area contributed by atoms with E-state index in [1.54, 1.807) is 6.07 Å². The molecule has 3 rings (SSSR count). The number of imidazole rings is 1. The summed E-state index contributed by atoms with van der Waals surface area (Å²) in [5, 5.41) is 1.21. The van der Waals surface area contributed by atoms with E-state index in [1.807, 2.05) is 59.7 Å². The molecule has 0 aliphatic heterocycles. The maximum absolute atomic E-state index is 12.4. The molecule has 0 saturated heterocycles. The summed E-state index contributed by atoms with van der Waals surface area (Å²) in [6.07, 6.45) is 8.28. The van der Waals surface area contributed by atoms with E-state index in [2.05, 4.69) is 27.4 Å². The summed E-state index contributed by atoms with van der Waals surface area (Å²) in [7, 11) is 0. The number of benzene rings is 2. The SMILES string of the molecule is CCCCOC(C[n+]1ccn(CCC(=O)c2ccc(Br)cc2)c1)c1ccc(Cl)cc1Cl. The van der Waals surface area contributed by atoms with Gasteiger partial charge >= 0.3 is 0 Å². The fourth-order valence-electron chi connectivity index (χ4n) is 3.25. The van der Waals surface area contributed by atoms with Crippen molar-refractivity contribution in [2.24, 2.45) is 0 Å². The van der Waals surface area contributed by atoms with Crippen LogP contribution in [0.5, 0.6) is 0 Å². The number of ketones is 1. The van der Waals surface area contributed by atoms with Gasteiger partial charge in [-0.3, -0.25) is 4.79 Å².